The highest BCUT2D eigenvalue weighted by Gasteiger charge is 2.21. The second-order valence-electron chi connectivity index (χ2n) is 5.01. The number of benzene rings is 2. The Morgan fingerprint density at radius 3 is 1.71 bits per heavy atom. The Balaban J connectivity index is 1.75. The van der Waals surface area contributed by atoms with Crippen molar-refractivity contribution in [3.63, 3.8) is 0 Å². The van der Waals surface area contributed by atoms with E-state index in [0.29, 0.717) is 11.1 Å². The minimum absolute atomic E-state index is 0.195. The Bertz CT molecular complexity index is 600. The molecule has 6 heteroatoms. The van der Waals surface area contributed by atoms with E-state index < -0.39 is 23.4 Å². The number of carbonyl (C=O) groups excluding carboxylic acids is 2. The summed E-state index contributed by atoms with van der Waals surface area (Å²) < 4.78 is 10.0. The van der Waals surface area contributed by atoms with E-state index in [0.717, 1.165) is 0 Å². The van der Waals surface area contributed by atoms with Crippen LogP contribution >= 0.6 is 11.6 Å². The standard InChI is InChI=1S/C18H17ClO5/c19-15(11-23-17(21)13-7-3-1-4-8-13)16(20)12-24-18(22)14-9-5-2-6-10-14/h1-10,15-16,20H,11-12H2/t15-,16+/m0/s1. The van der Waals surface area contributed by atoms with Gasteiger partial charge < -0.3 is 14.6 Å². The van der Waals surface area contributed by atoms with Crippen molar-refractivity contribution in [2.45, 2.75) is 11.5 Å². The second kappa shape index (κ2) is 9.05. The minimum Gasteiger partial charge on any atom is -0.460 e. The molecule has 0 aliphatic rings. The van der Waals surface area contributed by atoms with E-state index >= 15 is 0 Å². The number of aliphatic hydroxyl groups is 1. The topological polar surface area (TPSA) is 72.8 Å². The molecule has 0 fully saturated rings. The molecule has 24 heavy (non-hydrogen) atoms. The Morgan fingerprint density at radius 1 is 0.833 bits per heavy atom. The summed E-state index contributed by atoms with van der Waals surface area (Å²) >= 11 is 5.97. The molecule has 0 aromatic heterocycles. The predicted molar refractivity (Wildman–Crippen MR) is 89.1 cm³/mol. The van der Waals surface area contributed by atoms with Crippen molar-refractivity contribution in [2.24, 2.45) is 0 Å². The van der Waals surface area contributed by atoms with Crippen LogP contribution in [0.25, 0.3) is 0 Å². The normalized spacial score (nSPS) is 12.9. The maximum atomic E-state index is 11.8. The average molecular weight is 349 g/mol. The number of alkyl halides is 1. The maximum absolute atomic E-state index is 11.8. The van der Waals surface area contributed by atoms with Crippen LogP contribution in [0.5, 0.6) is 0 Å². The zero-order valence-electron chi connectivity index (χ0n) is 12.8. The molecule has 2 aromatic carbocycles. The van der Waals surface area contributed by atoms with Crippen LogP contribution in [0.4, 0.5) is 0 Å². The molecule has 5 nitrogen and oxygen atoms in total. The van der Waals surface area contributed by atoms with Gasteiger partial charge in [0.05, 0.1) is 16.5 Å². The summed E-state index contributed by atoms with van der Waals surface area (Å²) in [5.41, 5.74) is 0.776. The Labute approximate surface area is 144 Å². The SMILES string of the molecule is O=C(OC[C@@H](O)[C@@H](Cl)COC(=O)c1ccccc1)c1ccccc1. The van der Waals surface area contributed by atoms with Gasteiger partial charge in [-0.25, -0.2) is 9.59 Å². The van der Waals surface area contributed by atoms with Gasteiger partial charge in [-0.15, -0.1) is 11.6 Å². The number of rotatable bonds is 7. The van der Waals surface area contributed by atoms with Crippen molar-refractivity contribution in [1.82, 2.24) is 0 Å². The first-order valence-electron chi connectivity index (χ1n) is 7.34. The second-order valence-corrected chi connectivity index (χ2v) is 5.57. The molecule has 0 unspecified atom stereocenters. The average Bonchev–Trinajstić information content (AvgIpc) is 2.64. The number of esters is 2. The van der Waals surface area contributed by atoms with Gasteiger partial charge in [0.1, 0.15) is 19.3 Å². The predicted octanol–water partition coefficient (Wildman–Crippen LogP) is 2.67. The summed E-state index contributed by atoms with van der Waals surface area (Å²) in [6.07, 6.45) is -1.15. The van der Waals surface area contributed by atoms with Gasteiger partial charge in [-0.1, -0.05) is 36.4 Å². The van der Waals surface area contributed by atoms with Gasteiger partial charge in [0.15, 0.2) is 0 Å². The Hall–Kier alpha value is -2.37. The van der Waals surface area contributed by atoms with Gasteiger partial charge in [0.25, 0.3) is 0 Å². The highest BCUT2D eigenvalue weighted by molar-refractivity contribution is 6.21. The first-order valence-corrected chi connectivity index (χ1v) is 7.78. The number of ether oxygens (including phenoxy) is 2. The highest BCUT2D eigenvalue weighted by atomic mass is 35.5. The molecule has 0 aliphatic heterocycles. The smallest absolute Gasteiger partial charge is 0.338 e. The molecule has 1 N–H and O–H groups in total. The molecule has 0 heterocycles. The van der Waals surface area contributed by atoms with Gasteiger partial charge in [-0.2, -0.15) is 0 Å². The van der Waals surface area contributed by atoms with Crippen LogP contribution in [0.2, 0.25) is 0 Å². The molecular formula is C18H17ClO5. The summed E-state index contributed by atoms with van der Waals surface area (Å²) in [5, 5.41) is 9.01. The first-order chi connectivity index (χ1) is 11.6. The molecule has 2 aromatic rings. The van der Waals surface area contributed by atoms with Crippen LogP contribution in [0.1, 0.15) is 20.7 Å². The number of carbonyl (C=O) groups is 2. The lowest BCUT2D eigenvalue weighted by molar-refractivity contribution is 0.0151. The van der Waals surface area contributed by atoms with E-state index in [1.807, 2.05) is 0 Å². The quantitative estimate of drug-likeness (QED) is 0.615. The van der Waals surface area contributed by atoms with E-state index in [9.17, 15) is 14.7 Å². The van der Waals surface area contributed by atoms with Gasteiger partial charge in [0, 0.05) is 0 Å². The lowest BCUT2D eigenvalue weighted by atomic mass is 10.2. The van der Waals surface area contributed by atoms with Crippen molar-refractivity contribution < 1.29 is 24.2 Å². The third-order valence-corrected chi connectivity index (χ3v) is 3.61. The van der Waals surface area contributed by atoms with Crippen molar-refractivity contribution in [3.05, 3.63) is 71.8 Å². The van der Waals surface area contributed by atoms with Gasteiger partial charge >= 0.3 is 11.9 Å². The third kappa shape index (κ3) is 5.37. The fraction of sp³-hybridized carbons (Fsp3) is 0.222. The molecule has 0 aliphatic carbocycles. The molecule has 0 saturated carbocycles. The molecule has 126 valence electrons. The van der Waals surface area contributed by atoms with Gasteiger partial charge in [-0.05, 0) is 24.3 Å². The van der Waals surface area contributed by atoms with Crippen LogP contribution in [0.3, 0.4) is 0 Å². The van der Waals surface area contributed by atoms with Crippen molar-refractivity contribution in [2.75, 3.05) is 13.2 Å². The van der Waals surface area contributed by atoms with E-state index in [-0.39, 0.29) is 13.2 Å². The summed E-state index contributed by atoms with van der Waals surface area (Å²) in [5.74, 6) is -1.09. The Morgan fingerprint density at radius 2 is 1.25 bits per heavy atom. The fourth-order valence-electron chi connectivity index (χ4n) is 1.85. The van der Waals surface area contributed by atoms with Gasteiger partial charge in [-0.3, -0.25) is 0 Å². The molecule has 0 spiro atoms. The van der Waals surface area contributed by atoms with Crippen LogP contribution in [0.15, 0.2) is 60.7 Å². The number of hydrogen-bond donors (Lipinski definition) is 1. The van der Waals surface area contributed by atoms with E-state index in [4.69, 9.17) is 21.1 Å². The number of hydrogen-bond acceptors (Lipinski definition) is 5. The third-order valence-electron chi connectivity index (χ3n) is 3.20. The van der Waals surface area contributed by atoms with Crippen LogP contribution in [-0.4, -0.2) is 41.7 Å². The van der Waals surface area contributed by atoms with Crippen LogP contribution < -0.4 is 0 Å². The summed E-state index contributed by atoms with van der Waals surface area (Å²) in [6, 6.07) is 16.9. The lowest BCUT2D eigenvalue weighted by Gasteiger charge is -2.17. The monoisotopic (exact) mass is 348 g/mol. The summed E-state index contributed by atoms with van der Waals surface area (Å²) in [6.45, 7) is -0.482. The summed E-state index contributed by atoms with van der Waals surface area (Å²) in [7, 11) is 0. The van der Waals surface area contributed by atoms with Crippen molar-refractivity contribution >= 4 is 23.5 Å². The van der Waals surface area contributed by atoms with E-state index in [1.54, 1.807) is 60.7 Å². The van der Waals surface area contributed by atoms with Crippen molar-refractivity contribution in [1.29, 1.82) is 0 Å². The minimum atomic E-state index is -1.15. The molecule has 0 saturated heterocycles. The lowest BCUT2D eigenvalue weighted by Crippen LogP contribution is -2.32. The summed E-state index contributed by atoms with van der Waals surface area (Å²) in [4.78, 5) is 23.5. The van der Waals surface area contributed by atoms with Crippen LogP contribution in [-0.2, 0) is 9.47 Å². The van der Waals surface area contributed by atoms with E-state index in [1.165, 1.54) is 0 Å². The number of aliphatic hydroxyl groups excluding tert-OH is 1. The molecule has 0 bridgehead atoms. The highest BCUT2D eigenvalue weighted by Crippen LogP contribution is 2.09. The maximum Gasteiger partial charge on any atom is 0.338 e. The first kappa shape index (κ1) is 18.0. The zero-order valence-corrected chi connectivity index (χ0v) is 13.6. The van der Waals surface area contributed by atoms with Gasteiger partial charge in [0.2, 0.25) is 0 Å². The largest absolute Gasteiger partial charge is 0.460 e. The molecule has 0 amide bonds. The molecular weight excluding hydrogens is 332 g/mol. The Kier molecular flexibility index (Phi) is 6.78. The number of halogens is 1. The zero-order chi connectivity index (χ0) is 17.4. The molecule has 2 atom stereocenters. The fourth-order valence-corrected chi connectivity index (χ4v) is 1.98. The molecule has 0 radical (unpaired) electrons. The molecule has 2 rings (SSSR count). The van der Waals surface area contributed by atoms with Crippen LogP contribution in [0, 0.1) is 0 Å². The van der Waals surface area contributed by atoms with Crippen molar-refractivity contribution in [3.8, 4) is 0 Å². The van der Waals surface area contributed by atoms with E-state index in [2.05, 4.69) is 0 Å².